The van der Waals surface area contributed by atoms with Crippen LogP contribution in [0.4, 0.5) is 0 Å². The third-order valence-corrected chi connectivity index (χ3v) is 5.71. The molecule has 1 aliphatic heterocycles. The van der Waals surface area contributed by atoms with Gasteiger partial charge in [-0.1, -0.05) is 52.7 Å². The molecule has 2 amide bonds. The van der Waals surface area contributed by atoms with E-state index < -0.39 is 0 Å². The second-order valence-electron chi connectivity index (χ2n) is 7.20. The summed E-state index contributed by atoms with van der Waals surface area (Å²) < 4.78 is 2.97. The molecule has 0 spiro atoms. The molecule has 0 aliphatic carbocycles. The van der Waals surface area contributed by atoms with Gasteiger partial charge in [0.2, 0.25) is 0 Å². The first-order valence-electron chi connectivity index (χ1n) is 9.61. The SMILES string of the molecule is C#CN(C)CCCn1cc(C2=C(c3cccc(Br)c3)C(=O)NC2=O)c2ccccc21. The van der Waals surface area contributed by atoms with Crippen molar-refractivity contribution in [1.82, 2.24) is 14.8 Å². The van der Waals surface area contributed by atoms with Crippen molar-refractivity contribution in [2.45, 2.75) is 13.0 Å². The molecule has 1 aromatic heterocycles. The Morgan fingerprint density at radius 2 is 1.87 bits per heavy atom. The zero-order valence-electron chi connectivity index (χ0n) is 16.5. The van der Waals surface area contributed by atoms with Crippen LogP contribution in [0, 0.1) is 12.5 Å². The van der Waals surface area contributed by atoms with E-state index in [2.05, 4.69) is 31.9 Å². The number of rotatable bonds is 6. The summed E-state index contributed by atoms with van der Waals surface area (Å²) >= 11 is 3.45. The first-order valence-corrected chi connectivity index (χ1v) is 10.4. The molecular weight excluding hydrogens is 442 g/mol. The molecule has 2 aromatic carbocycles. The third-order valence-electron chi connectivity index (χ3n) is 5.22. The number of imide groups is 1. The molecule has 1 N–H and O–H groups in total. The van der Waals surface area contributed by atoms with Crippen LogP contribution in [-0.4, -0.2) is 34.9 Å². The fourth-order valence-electron chi connectivity index (χ4n) is 3.81. The normalized spacial score (nSPS) is 13.6. The average Bonchev–Trinajstić information content (AvgIpc) is 3.24. The number of aryl methyl sites for hydroxylation is 1. The largest absolute Gasteiger partial charge is 0.347 e. The molecule has 0 radical (unpaired) electrons. The molecule has 0 atom stereocenters. The highest BCUT2D eigenvalue weighted by Crippen LogP contribution is 2.36. The van der Waals surface area contributed by atoms with Crippen molar-refractivity contribution in [3.8, 4) is 12.5 Å². The molecule has 2 heterocycles. The number of para-hydroxylation sites is 1. The average molecular weight is 462 g/mol. The van der Waals surface area contributed by atoms with E-state index in [0.29, 0.717) is 16.7 Å². The van der Waals surface area contributed by atoms with Gasteiger partial charge >= 0.3 is 0 Å². The maximum absolute atomic E-state index is 12.8. The molecule has 4 rings (SSSR count). The van der Waals surface area contributed by atoms with Crippen molar-refractivity contribution in [2.75, 3.05) is 13.6 Å². The number of nitrogens with zero attached hydrogens (tertiary/aromatic N) is 2. The molecular formula is C24H20BrN3O2. The van der Waals surface area contributed by atoms with E-state index >= 15 is 0 Å². The summed E-state index contributed by atoms with van der Waals surface area (Å²) in [5.74, 6) is -0.745. The van der Waals surface area contributed by atoms with Crippen LogP contribution in [0.3, 0.4) is 0 Å². The van der Waals surface area contributed by atoms with Crippen molar-refractivity contribution in [3.63, 3.8) is 0 Å². The molecule has 6 heteroatoms. The van der Waals surface area contributed by atoms with E-state index in [0.717, 1.165) is 40.4 Å². The van der Waals surface area contributed by atoms with Crippen molar-refractivity contribution >= 4 is 49.8 Å². The van der Waals surface area contributed by atoms with E-state index in [4.69, 9.17) is 6.42 Å². The maximum Gasteiger partial charge on any atom is 0.259 e. The predicted molar refractivity (Wildman–Crippen MR) is 122 cm³/mol. The number of nitrogens with one attached hydrogen (secondary N) is 1. The van der Waals surface area contributed by atoms with Crippen molar-refractivity contribution in [3.05, 3.63) is 70.3 Å². The number of aromatic nitrogens is 1. The minimum absolute atomic E-state index is 0.370. The minimum atomic E-state index is -0.374. The van der Waals surface area contributed by atoms with Crippen molar-refractivity contribution in [2.24, 2.45) is 0 Å². The van der Waals surface area contributed by atoms with Gasteiger partial charge in [0.25, 0.3) is 11.8 Å². The summed E-state index contributed by atoms with van der Waals surface area (Å²) in [6.07, 6.45) is 8.25. The van der Waals surface area contributed by atoms with Gasteiger partial charge in [-0.3, -0.25) is 14.9 Å². The molecule has 5 nitrogen and oxygen atoms in total. The number of terminal acetylenes is 1. The van der Waals surface area contributed by atoms with Crippen LogP contribution in [0.5, 0.6) is 0 Å². The molecule has 150 valence electrons. The molecule has 0 unspecified atom stereocenters. The Bertz CT molecular complexity index is 1230. The highest BCUT2D eigenvalue weighted by atomic mass is 79.9. The lowest BCUT2D eigenvalue weighted by Gasteiger charge is -2.11. The smallest absolute Gasteiger partial charge is 0.259 e. The van der Waals surface area contributed by atoms with Crippen LogP contribution < -0.4 is 5.32 Å². The number of halogens is 1. The van der Waals surface area contributed by atoms with Gasteiger partial charge in [-0.25, -0.2) is 0 Å². The lowest BCUT2D eigenvalue weighted by atomic mass is 9.96. The monoisotopic (exact) mass is 461 g/mol. The summed E-state index contributed by atoms with van der Waals surface area (Å²) in [6.45, 7) is 1.52. The van der Waals surface area contributed by atoms with Gasteiger partial charge < -0.3 is 9.47 Å². The van der Waals surface area contributed by atoms with Crippen LogP contribution in [-0.2, 0) is 16.1 Å². The summed E-state index contributed by atoms with van der Waals surface area (Å²) in [4.78, 5) is 27.3. The summed E-state index contributed by atoms with van der Waals surface area (Å²) in [6, 6.07) is 17.9. The summed E-state index contributed by atoms with van der Waals surface area (Å²) in [5, 5.41) is 3.41. The Morgan fingerprint density at radius 1 is 1.10 bits per heavy atom. The predicted octanol–water partition coefficient (Wildman–Crippen LogP) is 3.88. The van der Waals surface area contributed by atoms with Gasteiger partial charge in [0.15, 0.2) is 0 Å². The quantitative estimate of drug-likeness (QED) is 0.344. The van der Waals surface area contributed by atoms with E-state index in [1.54, 1.807) is 0 Å². The van der Waals surface area contributed by atoms with E-state index in [9.17, 15) is 9.59 Å². The highest BCUT2D eigenvalue weighted by Gasteiger charge is 2.33. The second-order valence-corrected chi connectivity index (χ2v) is 8.12. The zero-order valence-corrected chi connectivity index (χ0v) is 18.1. The van der Waals surface area contributed by atoms with E-state index in [1.165, 1.54) is 0 Å². The molecule has 0 fully saturated rings. The van der Waals surface area contributed by atoms with Gasteiger partial charge in [-0.05, 0) is 30.2 Å². The first-order chi connectivity index (χ1) is 14.5. The molecule has 30 heavy (non-hydrogen) atoms. The number of hydrogen-bond donors (Lipinski definition) is 1. The number of fused-ring (bicyclic) bond motifs is 1. The molecule has 0 bridgehead atoms. The fraction of sp³-hybridized carbons (Fsp3) is 0.167. The Hall–Kier alpha value is -3.30. The molecule has 3 aromatic rings. The first kappa shape index (κ1) is 20.0. The lowest BCUT2D eigenvalue weighted by molar-refractivity contribution is -0.122. The van der Waals surface area contributed by atoms with Crippen molar-refractivity contribution in [1.29, 1.82) is 0 Å². The summed E-state index contributed by atoms with van der Waals surface area (Å²) in [7, 11) is 1.88. The Kier molecular flexibility index (Phi) is 5.47. The molecule has 1 aliphatic rings. The van der Waals surface area contributed by atoms with E-state index in [-0.39, 0.29) is 11.8 Å². The molecule has 0 saturated heterocycles. The Morgan fingerprint density at radius 3 is 2.63 bits per heavy atom. The number of carbonyl (C=O) groups excluding carboxylic acids is 2. The Balaban J connectivity index is 1.84. The molecule has 0 saturated carbocycles. The number of benzene rings is 2. The Labute approximate surface area is 183 Å². The minimum Gasteiger partial charge on any atom is -0.347 e. The number of carbonyl (C=O) groups is 2. The van der Waals surface area contributed by atoms with Crippen LogP contribution in [0.1, 0.15) is 17.5 Å². The van der Waals surface area contributed by atoms with E-state index in [1.807, 2.05) is 66.7 Å². The van der Waals surface area contributed by atoms with Crippen molar-refractivity contribution < 1.29 is 9.59 Å². The highest BCUT2D eigenvalue weighted by molar-refractivity contribution is 9.10. The fourth-order valence-corrected chi connectivity index (χ4v) is 4.20. The standard InChI is InChI=1S/C24H20BrN3O2/c1-3-27(2)12-7-13-28-15-19(18-10-4-5-11-20(18)28)22-21(23(29)26-24(22)30)16-8-6-9-17(25)14-16/h1,4-6,8-11,14-15H,7,12-13H2,2H3,(H,26,29,30). The van der Waals surface area contributed by atoms with Gasteiger partial charge in [-0.2, -0.15) is 0 Å². The summed E-state index contributed by atoms with van der Waals surface area (Å²) in [5.41, 5.74) is 3.29. The second kappa shape index (κ2) is 8.21. The van der Waals surface area contributed by atoms with Crippen LogP contribution in [0.2, 0.25) is 0 Å². The van der Waals surface area contributed by atoms with Gasteiger partial charge in [0.05, 0.1) is 11.1 Å². The third kappa shape index (κ3) is 3.64. The maximum atomic E-state index is 12.8. The van der Waals surface area contributed by atoms with Gasteiger partial charge in [-0.15, -0.1) is 0 Å². The number of amides is 2. The van der Waals surface area contributed by atoms with Gasteiger partial charge in [0.1, 0.15) is 0 Å². The topological polar surface area (TPSA) is 54.3 Å². The van der Waals surface area contributed by atoms with Gasteiger partial charge in [0, 0.05) is 53.3 Å². The van der Waals surface area contributed by atoms with Crippen LogP contribution in [0.25, 0.3) is 22.0 Å². The van der Waals surface area contributed by atoms with Crippen LogP contribution >= 0.6 is 15.9 Å². The zero-order chi connectivity index (χ0) is 21.3. The lowest BCUT2D eigenvalue weighted by Crippen LogP contribution is -2.22. The number of hydrogen-bond acceptors (Lipinski definition) is 3. The van der Waals surface area contributed by atoms with Crippen LogP contribution in [0.15, 0.2) is 59.2 Å².